The van der Waals surface area contributed by atoms with Gasteiger partial charge < -0.3 is 11.1 Å². The van der Waals surface area contributed by atoms with Gasteiger partial charge in [0.1, 0.15) is 0 Å². The third kappa shape index (κ3) is 3.21. The zero-order valence-electron chi connectivity index (χ0n) is 13.0. The van der Waals surface area contributed by atoms with Crippen LogP contribution in [0.2, 0.25) is 0 Å². The summed E-state index contributed by atoms with van der Waals surface area (Å²) >= 11 is 0. The Morgan fingerprint density at radius 1 is 1.35 bits per heavy atom. The minimum Gasteiger partial charge on any atom is -0.352 e. The Labute approximate surface area is 121 Å². The summed E-state index contributed by atoms with van der Waals surface area (Å²) in [6.45, 7) is 9.70. The molecule has 0 saturated carbocycles. The first-order chi connectivity index (χ1) is 9.29. The second-order valence-corrected chi connectivity index (χ2v) is 7.03. The molecule has 1 aliphatic rings. The summed E-state index contributed by atoms with van der Waals surface area (Å²) in [5, 5.41) is 2.89. The maximum absolute atomic E-state index is 11.9. The number of amides is 1. The first-order valence-electron chi connectivity index (χ1n) is 7.45. The summed E-state index contributed by atoms with van der Waals surface area (Å²) in [6, 6.07) is 6.11. The number of hydrogen-bond acceptors (Lipinski definition) is 2. The van der Waals surface area contributed by atoms with E-state index in [4.69, 9.17) is 5.73 Å². The first kappa shape index (κ1) is 15.0. The summed E-state index contributed by atoms with van der Waals surface area (Å²) in [7, 11) is 0. The fourth-order valence-corrected chi connectivity index (χ4v) is 2.53. The highest BCUT2D eigenvalue weighted by molar-refractivity contribution is 5.96. The Morgan fingerprint density at radius 2 is 2.05 bits per heavy atom. The molecule has 1 aromatic carbocycles. The third-order valence-corrected chi connectivity index (χ3v) is 4.57. The molecular weight excluding hydrogens is 248 g/mol. The molecule has 1 heterocycles. The topological polar surface area (TPSA) is 55.1 Å². The van der Waals surface area contributed by atoms with Gasteiger partial charge in [-0.1, -0.05) is 39.8 Å². The minimum absolute atomic E-state index is 0.00995. The summed E-state index contributed by atoms with van der Waals surface area (Å²) in [5.41, 5.74) is 9.59. The van der Waals surface area contributed by atoms with E-state index in [-0.39, 0.29) is 17.4 Å². The van der Waals surface area contributed by atoms with E-state index < -0.39 is 0 Å². The Morgan fingerprint density at radius 3 is 2.70 bits per heavy atom. The minimum atomic E-state index is -0.00995. The van der Waals surface area contributed by atoms with E-state index in [0.717, 1.165) is 36.1 Å². The largest absolute Gasteiger partial charge is 0.352 e. The van der Waals surface area contributed by atoms with Crippen molar-refractivity contribution in [2.45, 2.75) is 46.6 Å². The van der Waals surface area contributed by atoms with Crippen molar-refractivity contribution in [3.8, 4) is 0 Å². The van der Waals surface area contributed by atoms with Crippen LogP contribution in [0.5, 0.6) is 0 Å². The Hall–Kier alpha value is -1.35. The molecule has 2 rings (SSSR count). The van der Waals surface area contributed by atoms with Crippen LogP contribution in [0.25, 0.3) is 0 Å². The molecule has 3 nitrogen and oxygen atoms in total. The molecule has 0 aromatic heterocycles. The zero-order chi connectivity index (χ0) is 14.9. The third-order valence-electron chi connectivity index (χ3n) is 4.57. The molecule has 0 spiro atoms. The van der Waals surface area contributed by atoms with E-state index in [9.17, 15) is 4.79 Å². The number of nitrogens with one attached hydrogen (secondary N) is 1. The molecule has 2 atom stereocenters. The number of rotatable bonds is 3. The second kappa shape index (κ2) is 5.57. The molecule has 0 aliphatic carbocycles. The molecule has 0 bridgehead atoms. The smallest absolute Gasteiger partial charge is 0.251 e. The van der Waals surface area contributed by atoms with Gasteiger partial charge in [-0.2, -0.15) is 0 Å². The Kier molecular flexibility index (Phi) is 4.19. The fourth-order valence-electron chi connectivity index (χ4n) is 2.53. The molecule has 1 aliphatic heterocycles. The fraction of sp³-hybridized carbons (Fsp3) is 0.588. The van der Waals surface area contributed by atoms with Crippen LogP contribution in [-0.4, -0.2) is 12.5 Å². The van der Waals surface area contributed by atoms with E-state index >= 15 is 0 Å². The molecular formula is C17H26N2O. The van der Waals surface area contributed by atoms with Crippen LogP contribution in [0, 0.1) is 11.3 Å². The van der Waals surface area contributed by atoms with Gasteiger partial charge in [0.05, 0.1) is 0 Å². The molecule has 20 heavy (non-hydrogen) atoms. The molecule has 1 aromatic rings. The van der Waals surface area contributed by atoms with Crippen molar-refractivity contribution >= 4 is 5.91 Å². The van der Waals surface area contributed by atoms with Crippen LogP contribution in [0.4, 0.5) is 0 Å². The summed E-state index contributed by atoms with van der Waals surface area (Å²) in [5.74, 6) is 0.562. The van der Waals surface area contributed by atoms with Gasteiger partial charge in [0.15, 0.2) is 0 Å². The van der Waals surface area contributed by atoms with Crippen molar-refractivity contribution in [2.75, 3.05) is 6.54 Å². The van der Waals surface area contributed by atoms with E-state index in [0.29, 0.717) is 5.92 Å². The monoisotopic (exact) mass is 274 g/mol. The summed E-state index contributed by atoms with van der Waals surface area (Å²) in [4.78, 5) is 11.9. The lowest BCUT2D eigenvalue weighted by Gasteiger charge is -2.30. The summed E-state index contributed by atoms with van der Waals surface area (Å²) < 4.78 is 0. The maximum Gasteiger partial charge on any atom is 0.251 e. The van der Waals surface area contributed by atoms with Crippen LogP contribution in [0.1, 0.15) is 61.6 Å². The number of carbonyl (C=O) groups is 1. The predicted molar refractivity (Wildman–Crippen MR) is 82.6 cm³/mol. The van der Waals surface area contributed by atoms with Crippen molar-refractivity contribution < 1.29 is 4.79 Å². The Balaban J connectivity index is 2.17. The molecule has 1 amide bonds. The highest BCUT2D eigenvalue weighted by Gasteiger charge is 2.24. The number of nitrogens with two attached hydrogens (primary N) is 1. The number of fused-ring (bicyclic) bond motifs is 1. The van der Waals surface area contributed by atoms with Crippen molar-refractivity contribution in [3.05, 3.63) is 34.9 Å². The molecule has 110 valence electrons. The highest BCUT2D eigenvalue weighted by Crippen LogP contribution is 2.32. The number of benzene rings is 1. The van der Waals surface area contributed by atoms with E-state index in [1.807, 2.05) is 6.07 Å². The molecule has 0 radical (unpaired) electrons. The van der Waals surface area contributed by atoms with Gasteiger partial charge in [0.25, 0.3) is 5.91 Å². The van der Waals surface area contributed by atoms with Crippen LogP contribution < -0.4 is 11.1 Å². The standard InChI is InChI=1S/C17H26N2O/c1-11(17(2,3)4)9-15(18)13-6-5-12-7-8-19-16(20)14(12)10-13/h5-6,10-11,15H,7-9,18H2,1-4H3,(H,19,20). The lowest BCUT2D eigenvalue weighted by atomic mass is 9.77. The molecule has 2 unspecified atom stereocenters. The lowest BCUT2D eigenvalue weighted by Crippen LogP contribution is -2.32. The average Bonchev–Trinajstić information content (AvgIpc) is 2.37. The Bertz CT molecular complexity index is 502. The van der Waals surface area contributed by atoms with E-state index in [1.54, 1.807) is 0 Å². The molecule has 3 heteroatoms. The predicted octanol–water partition coefficient (Wildman–Crippen LogP) is 3.04. The number of carbonyl (C=O) groups excluding carboxylic acids is 1. The second-order valence-electron chi connectivity index (χ2n) is 7.03. The van der Waals surface area contributed by atoms with Gasteiger partial charge in [0.2, 0.25) is 0 Å². The van der Waals surface area contributed by atoms with Gasteiger partial charge in [-0.25, -0.2) is 0 Å². The van der Waals surface area contributed by atoms with Gasteiger partial charge in [-0.15, -0.1) is 0 Å². The summed E-state index contributed by atoms with van der Waals surface area (Å²) in [6.07, 6.45) is 1.85. The van der Waals surface area contributed by atoms with Crippen molar-refractivity contribution in [1.29, 1.82) is 0 Å². The molecule has 0 fully saturated rings. The van der Waals surface area contributed by atoms with Crippen molar-refractivity contribution in [3.63, 3.8) is 0 Å². The van der Waals surface area contributed by atoms with Crippen LogP contribution in [0.15, 0.2) is 18.2 Å². The maximum atomic E-state index is 11.9. The van der Waals surface area contributed by atoms with Crippen molar-refractivity contribution in [2.24, 2.45) is 17.1 Å². The van der Waals surface area contributed by atoms with Crippen molar-refractivity contribution in [1.82, 2.24) is 5.32 Å². The van der Waals surface area contributed by atoms with E-state index in [2.05, 4.69) is 45.1 Å². The lowest BCUT2D eigenvalue weighted by molar-refractivity contribution is 0.0946. The van der Waals surface area contributed by atoms with Gasteiger partial charge in [-0.3, -0.25) is 4.79 Å². The van der Waals surface area contributed by atoms with E-state index in [1.165, 1.54) is 0 Å². The first-order valence-corrected chi connectivity index (χ1v) is 7.45. The SMILES string of the molecule is CC(CC(N)c1ccc2c(c1)C(=O)NCC2)C(C)(C)C. The van der Waals surface area contributed by atoms with Crippen LogP contribution in [0.3, 0.4) is 0 Å². The number of hydrogen-bond donors (Lipinski definition) is 2. The van der Waals surface area contributed by atoms with Gasteiger partial charge >= 0.3 is 0 Å². The van der Waals surface area contributed by atoms with Crippen LogP contribution in [-0.2, 0) is 6.42 Å². The zero-order valence-corrected chi connectivity index (χ0v) is 13.0. The quantitative estimate of drug-likeness (QED) is 0.890. The molecule has 3 N–H and O–H groups in total. The normalized spacial score (nSPS) is 18.1. The molecule has 0 saturated heterocycles. The van der Waals surface area contributed by atoms with Gasteiger partial charge in [-0.05, 0) is 41.4 Å². The highest BCUT2D eigenvalue weighted by atomic mass is 16.1. The van der Waals surface area contributed by atoms with Crippen LogP contribution >= 0.6 is 0 Å². The van der Waals surface area contributed by atoms with Gasteiger partial charge in [0, 0.05) is 18.2 Å². The average molecular weight is 274 g/mol.